The molecule has 0 unspecified atom stereocenters. The lowest BCUT2D eigenvalue weighted by molar-refractivity contribution is -0.668. The Morgan fingerprint density at radius 3 is 2.77 bits per heavy atom. The summed E-state index contributed by atoms with van der Waals surface area (Å²) >= 11 is 0. The zero-order valence-electron chi connectivity index (χ0n) is 12.8. The van der Waals surface area contributed by atoms with Crippen LogP contribution in [0.3, 0.4) is 0 Å². The summed E-state index contributed by atoms with van der Waals surface area (Å²) < 4.78 is 15.7. The van der Waals surface area contributed by atoms with Crippen molar-refractivity contribution in [2.45, 2.75) is 6.54 Å². The van der Waals surface area contributed by atoms with Crippen molar-refractivity contribution < 1.29 is 24.0 Å². The lowest BCUT2D eigenvalue weighted by atomic mass is 10.2. The topological polar surface area (TPSA) is 77.3 Å². The minimum absolute atomic E-state index is 0.197. The maximum Gasteiger partial charge on any atom is 0.287 e. The number of quaternary nitrogens is 1. The van der Waals surface area contributed by atoms with E-state index in [-0.39, 0.29) is 5.91 Å². The number of benzene rings is 1. The highest BCUT2D eigenvalue weighted by atomic mass is 16.5. The predicted octanol–water partition coefficient (Wildman–Crippen LogP) is 0.790. The molecule has 0 aliphatic rings. The van der Waals surface area contributed by atoms with E-state index in [1.54, 1.807) is 26.4 Å². The first-order valence-electron chi connectivity index (χ1n) is 7.09. The summed E-state index contributed by atoms with van der Waals surface area (Å²) in [5.41, 5.74) is 1.05. The average molecular weight is 305 g/mol. The summed E-state index contributed by atoms with van der Waals surface area (Å²) in [6.45, 7) is 2.07. The Hall–Kier alpha value is -2.47. The maximum absolute atomic E-state index is 11.7. The van der Waals surface area contributed by atoms with Gasteiger partial charge in [0.1, 0.15) is 6.54 Å². The summed E-state index contributed by atoms with van der Waals surface area (Å²) in [4.78, 5) is 11.7. The quantitative estimate of drug-likeness (QED) is 0.707. The van der Waals surface area contributed by atoms with Crippen LogP contribution in [0.4, 0.5) is 0 Å². The third-order valence-electron chi connectivity index (χ3n) is 3.23. The highest BCUT2D eigenvalue weighted by Gasteiger charge is 2.11. The average Bonchev–Trinajstić information content (AvgIpc) is 3.08. The second-order valence-electron chi connectivity index (χ2n) is 4.67. The fraction of sp³-hybridized carbons (Fsp3) is 0.312. The molecule has 1 aromatic carbocycles. The fourth-order valence-corrected chi connectivity index (χ4v) is 2.15. The van der Waals surface area contributed by atoms with E-state index >= 15 is 0 Å². The number of ether oxygens (including phenoxy) is 2. The Balaban J connectivity index is 1.76. The van der Waals surface area contributed by atoms with Gasteiger partial charge in [-0.3, -0.25) is 4.79 Å². The van der Waals surface area contributed by atoms with Gasteiger partial charge in [-0.1, -0.05) is 6.07 Å². The molecule has 6 nitrogen and oxygen atoms in total. The van der Waals surface area contributed by atoms with Crippen LogP contribution in [0.1, 0.15) is 16.1 Å². The zero-order valence-corrected chi connectivity index (χ0v) is 12.8. The number of methoxy groups -OCH3 is 2. The van der Waals surface area contributed by atoms with Crippen molar-refractivity contribution in [3.05, 3.63) is 47.9 Å². The smallest absolute Gasteiger partial charge is 0.287 e. The van der Waals surface area contributed by atoms with Gasteiger partial charge in [-0.2, -0.15) is 0 Å². The monoisotopic (exact) mass is 305 g/mol. The highest BCUT2D eigenvalue weighted by molar-refractivity contribution is 5.91. The molecule has 0 saturated heterocycles. The highest BCUT2D eigenvalue weighted by Crippen LogP contribution is 2.29. The first-order chi connectivity index (χ1) is 10.8. The standard InChI is InChI=1S/C16H20N2O4/c1-20-13-6-3-5-12(15(13)21-2)11-17-8-9-18-16(19)14-7-4-10-22-14/h3-7,10,17H,8-9,11H2,1-2H3,(H,18,19)/p+1. The van der Waals surface area contributed by atoms with Gasteiger partial charge in [0.15, 0.2) is 17.3 Å². The minimum Gasteiger partial charge on any atom is -0.493 e. The molecule has 6 heteroatoms. The number of amides is 1. The molecule has 2 rings (SSSR count). The second-order valence-corrected chi connectivity index (χ2v) is 4.67. The molecule has 0 bridgehead atoms. The molecule has 22 heavy (non-hydrogen) atoms. The normalized spacial score (nSPS) is 10.3. The Morgan fingerprint density at radius 2 is 2.09 bits per heavy atom. The summed E-state index contributed by atoms with van der Waals surface area (Å²) in [6.07, 6.45) is 1.48. The molecule has 118 valence electrons. The van der Waals surface area contributed by atoms with Crippen molar-refractivity contribution in [1.82, 2.24) is 5.32 Å². The van der Waals surface area contributed by atoms with E-state index in [0.29, 0.717) is 12.3 Å². The molecule has 0 fully saturated rings. The predicted molar refractivity (Wildman–Crippen MR) is 81.1 cm³/mol. The van der Waals surface area contributed by atoms with Crippen LogP contribution >= 0.6 is 0 Å². The van der Waals surface area contributed by atoms with Gasteiger partial charge in [-0.05, 0) is 24.3 Å². The molecule has 0 spiro atoms. The summed E-state index contributed by atoms with van der Waals surface area (Å²) in [5, 5.41) is 4.90. The van der Waals surface area contributed by atoms with E-state index in [2.05, 4.69) is 10.6 Å². The Kier molecular flexibility index (Phi) is 5.85. The van der Waals surface area contributed by atoms with Crippen LogP contribution in [0, 0.1) is 0 Å². The van der Waals surface area contributed by atoms with Gasteiger partial charge in [0.05, 0.1) is 39.1 Å². The number of para-hydroxylation sites is 1. The van der Waals surface area contributed by atoms with Crippen LogP contribution in [0.15, 0.2) is 41.0 Å². The van der Waals surface area contributed by atoms with E-state index < -0.39 is 0 Å². The number of rotatable bonds is 8. The first-order valence-corrected chi connectivity index (χ1v) is 7.09. The van der Waals surface area contributed by atoms with E-state index in [1.165, 1.54) is 6.26 Å². The molecular formula is C16H21N2O4+. The number of furan rings is 1. The van der Waals surface area contributed by atoms with Gasteiger partial charge in [0.25, 0.3) is 5.91 Å². The third-order valence-corrected chi connectivity index (χ3v) is 3.23. The van der Waals surface area contributed by atoms with E-state index in [4.69, 9.17) is 13.9 Å². The largest absolute Gasteiger partial charge is 0.493 e. The van der Waals surface area contributed by atoms with Crippen molar-refractivity contribution in [1.29, 1.82) is 0 Å². The number of nitrogens with one attached hydrogen (secondary N) is 1. The third kappa shape index (κ3) is 4.02. The van der Waals surface area contributed by atoms with Crippen LogP contribution in [0.5, 0.6) is 11.5 Å². The molecule has 0 radical (unpaired) electrons. The van der Waals surface area contributed by atoms with Crippen molar-refractivity contribution >= 4 is 5.91 Å². The first kappa shape index (κ1) is 15.9. The maximum atomic E-state index is 11.7. The molecule has 3 N–H and O–H groups in total. The fourth-order valence-electron chi connectivity index (χ4n) is 2.15. The molecule has 1 heterocycles. The molecule has 1 amide bonds. The van der Waals surface area contributed by atoms with Gasteiger partial charge in [0.2, 0.25) is 0 Å². The Labute approximate surface area is 129 Å². The van der Waals surface area contributed by atoms with Crippen molar-refractivity contribution in [2.24, 2.45) is 0 Å². The lowest BCUT2D eigenvalue weighted by Crippen LogP contribution is -2.84. The summed E-state index contributed by atoms with van der Waals surface area (Å²) in [6, 6.07) is 9.13. The van der Waals surface area contributed by atoms with Gasteiger partial charge < -0.3 is 24.5 Å². The van der Waals surface area contributed by atoms with Crippen LogP contribution in [0.25, 0.3) is 0 Å². The van der Waals surface area contributed by atoms with E-state index in [1.807, 2.05) is 18.2 Å². The number of hydrogen-bond donors (Lipinski definition) is 2. The van der Waals surface area contributed by atoms with Crippen LogP contribution < -0.4 is 20.1 Å². The lowest BCUT2D eigenvalue weighted by Gasteiger charge is -2.11. The van der Waals surface area contributed by atoms with Crippen LogP contribution in [-0.2, 0) is 6.54 Å². The molecule has 0 atom stereocenters. The summed E-state index contributed by atoms with van der Waals surface area (Å²) in [5.74, 6) is 1.60. The van der Waals surface area contributed by atoms with Crippen molar-refractivity contribution in [2.75, 3.05) is 27.3 Å². The van der Waals surface area contributed by atoms with E-state index in [9.17, 15) is 4.79 Å². The van der Waals surface area contributed by atoms with Crippen LogP contribution in [-0.4, -0.2) is 33.2 Å². The van der Waals surface area contributed by atoms with Gasteiger partial charge in [0, 0.05) is 0 Å². The number of carbonyl (C=O) groups excluding carboxylic acids is 1. The molecular weight excluding hydrogens is 284 g/mol. The Morgan fingerprint density at radius 1 is 1.23 bits per heavy atom. The van der Waals surface area contributed by atoms with Gasteiger partial charge in [-0.15, -0.1) is 0 Å². The van der Waals surface area contributed by atoms with E-state index in [0.717, 1.165) is 30.2 Å². The van der Waals surface area contributed by atoms with Gasteiger partial charge in [-0.25, -0.2) is 0 Å². The molecule has 0 saturated carbocycles. The minimum atomic E-state index is -0.197. The van der Waals surface area contributed by atoms with Crippen molar-refractivity contribution in [3.63, 3.8) is 0 Å². The van der Waals surface area contributed by atoms with Crippen LogP contribution in [0.2, 0.25) is 0 Å². The number of carbonyl (C=O) groups is 1. The second kappa shape index (κ2) is 8.09. The zero-order chi connectivity index (χ0) is 15.8. The van der Waals surface area contributed by atoms with Gasteiger partial charge >= 0.3 is 0 Å². The SMILES string of the molecule is COc1cccc(C[NH2+]CCNC(=O)c2ccco2)c1OC. The molecule has 2 aromatic rings. The number of nitrogens with two attached hydrogens (primary N) is 1. The van der Waals surface area contributed by atoms with Crippen molar-refractivity contribution in [3.8, 4) is 11.5 Å². The summed E-state index contributed by atoms with van der Waals surface area (Å²) in [7, 11) is 3.25. The Bertz CT molecular complexity index is 596. The number of hydrogen-bond acceptors (Lipinski definition) is 4. The molecule has 1 aromatic heterocycles. The molecule has 0 aliphatic heterocycles. The molecule has 0 aliphatic carbocycles.